The molecule has 19 heavy (non-hydrogen) atoms. The summed E-state index contributed by atoms with van der Waals surface area (Å²) in [5, 5.41) is 19.6. The molecule has 0 saturated carbocycles. The summed E-state index contributed by atoms with van der Waals surface area (Å²) in [6, 6.07) is 6.67. The summed E-state index contributed by atoms with van der Waals surface area (Å²) >= 11 is 0. The van der Waals surface area contributed by atoms with Crippen molar-refractivity contribution in [2.75, 3.05) is 13.2 Å². The van der Waals surface area contributed by atoms with Crippen LogP contribution in [0.25, 0.3) is 0 Å². The van der Waals surface area contributed by atoms with Crippen molar-refractivity contribution in [3.63, 3.8) is 0 Å². The van der Waals surface area contributed by atoms with Crippen LogP contribution in [-0.2, 0) is 9.53 Å². The molecule has 0 heterocycles. The lowest BCUT2D eigenvalue weighted by Gasteiger charge is -2.17. The van der Waals surface area contributed by atoms with E-state index in [0.717, 1.165) is 6.42 Å². The predicted octanol–water partition coefficient (Wildman–Crippen LogP) is 1.43. The van der Waals surface area contributed by atoms with E-state index in [4.69, 9.17) is 4.74 Å². The van der Waals surface area contributed by atoms with Gasteiger partial charge in [0.25, 0.3) is 0 Å². The van der Waals surface area contributed by atoms with Crippen LogP contribution in [-0.4, -0.2) is 35.5 Å². The monoisotopic (exact) mass is 268 g/mol. The van der Waals surface area contributed by atoms with Crippen molar-refractivity contribution < 1.29 is 24.5 Å². The highest BCUT2D eigenvalue weighted by atomic mass is 16.5. The van der Waals surface area contributed by atoms with Crippen molar-refractivity contribution in [1.82, 2.24) is 0 Å². The van der Waals surface area contributed by atoms with Crippen LogP contribution in [0.15, 0.2) is 24.3 Å². The minimum absolute atomic E-state index is 0.155. The molecule has 0 aliphatic heterocycles. The van der Waals surface area contributed by atoms with Crippen molar-refractivity contribution >= 4 is 5.97 Å². The van der Waals surface area contributed by atoms with Gasteiger partial charge in [-0.25, -0.2) is 4.79 Å². The number of ether oxygens (including phenoxy) is 2. The Morgan fingerprint density at radius 2 is 2.05 bits per heavy atom. The lowest BCUT2D eigenvalue weighted by atomic mass is 10.0. The van der Waals surface area contributed by atoms with E-state index in [-0.39, 0.29) is 6.61 Å². The summed E-state index contributed by atoms with van der Waals surface area (Å²) in [5.74, 6) is -0.246. The van der Waals surface area contributed by atoms with Gasteiger partial charge in [0, 0.05) is 0 Å². The molecule has 0 aliphatic carbocycles. The maximum absolute atomic E-state index is 11.4. The fourth-order valence-corrected chi connectivity index (χ4v) is 1.55. The Morgan fingerprint density at radius 3 is 2.68 bits per heavy atom. The molecule has 0 saturated heterocycles. The Morgan fingerprint density at radius 1 is 1.32 bits per heavy atom. The quantitative estimate of drug-likeness (QED) is 0.732. The third-order valence-electron chi connectivity index (χ3n) is 2.50. The molecular formula is C14H20O5. The second-order valence-corrected chi connectivity index (χ2v) is 4.06. The zero-order chi connectivity index (χ0) is 14.3. The molecule has 0 amide bonds. The van der Waals surface area contributed by atoms with Crippen LogP contribution in [0.1, 0.15) is 31.9 Å². The Hall–Kier alpha value is -1.59. The number of aliphatic hydroxyl groups is 2. The van der Waals surface area contributed by atoms with Crippen molar-refractivity contribution in [2.24, 2.45) is 0 Å². The van der Waals surface area contributed by atoms with Gasteiger partial charge < -0.3 is 19.7 Å². The number of rotatable bonds is 7. The minimum atomic E-state index is -1.60. The molecule has 0 aliphatic rings. The van der Waals surface area contributed by atoms with Crippen molar-refractivity contribution in [3.05, 3.63) is 29.8 Å². The first-order valence-electron chi connectivity index (χ1n) is 6.35. The number of hydrogen-bond donors (Lipinski definition) is 2. The van der Waals surface area contributed by atoms with Gasteiger partial charge in [0.15, 0.2) is 6.10 Å². The third kappa shape index (κ3) is 4.54. The fourth-order valence-electron chi connectivity index (χ4n) is 1.55. The van der Waals surface area contributed by atoms with Crippen LogP contribution in [0, 0.1) is 0 Å². The Balaban J connectivity index is 2.75. The molecule has 106 valence electrons. The van der Waals surface area contributed by atoms with Gasteiger partial charge in [-0.2, -0.15) is 0 Å². The van der Waals surface area contributed by atoms with Crippen molar-refractivity contribution in [1.29, 1.82) is 0 Å². The van der Waals surface area contributed by atoms with Gasteiger partial charge in [0.05, 0.1) is 13.2 Å². The first-order valence-corrected chi connectivity index (χ1v) is 6.35. The molecule has 5 nitrogen and oxygen atoms in total. The zero-order valence-corrected chi connectivity index (χ0v) is 11.2. The summed E-state index contributed by atoms with van der Waals surface area (Å²) in [6.07, 6.45) is -2.05. The van der Waals surface area contributed by atoms with Crippen molar-refractivity contribution in [2.45, 2.75) is 32.5 Å². The predicted molar refractivity (Wildman–Crippen MR) is 69.8 cm³/mol. The fraction of sp³-hybridized carbons (Fsp3) is 0.500. The molecule has 1 aromatic rings. The van der Waals surface area contributed by atoms with Gasteiger partial charge in [-0.3, -0.25) is 0 Å². The van der Waals surface area contributed by atoms with E-state index in [9.17, 15) is 15.0 Å². The summed E-state index contributed by atoms with van der Waals surface area (Å²) in [4.78, 5) is 11.4. The number of aliphatic hydroxyl groups excluding tert-OH is 2. The minimum Gasteiger partial charge on any atom is -0.494 e. The standard InChI is InChI=1S/C14H20O5/c1-3-8-19-11-7-5-6-10(9-11)12(15)13(16)14(17)18-4-2/h5-7,9,12-13,15-16H,3-4,8H2,1-2H3. The van der Waals surface area contributed by atoms with Crippen LogP contribution in [0.2, 0.25) is 0 Å². The summed E-state index contributed by atoms with van der Waals surface area (Å²) in [5.41, 5.74) is 0.411. The van der Waals surface area contributed by atoms with E-state index in [1.807, 2.05) is 6.92 Å². The van der Waals surface area contributed by atoms with Gasteiger partial charge in [-0.05, 0) is 31.0 Å². The second kappa shape index (κ2) is 7.76. The molecular weight excluding hydrogens is 248 g/mol. The van der Waals surface area contributed by atoms with E-state index >= 15 is 0 Å². The molecule has 1 aromatic carbocycles. The number of hydrogen-bond acceptors (Lipinski definition) is 5. The molecule has 2 N–H and O–H groups in total. The van der Waals surface area contributed by atoms with Gasteiger partial charge in [0.2, 0.25) is 0 Å². The first-order chi connectivity index (χ1) is 9.10. The van der Waals surface area contributed by atoms with Gasteiger partial charge in [0.1, 0.15) is 11.9 Å². The third-order valence-corrected chi connectivity index (χ3v) is 2.50. The van der Waals surface area contributed by atoms with E-state index < -0.39 is 18.2 Å². The van der Waals surface area contributed by atoms with Crippen LogP contribution < -0.4 is 4.74 Å². The van der Waals surface area contributed by atoms with E-state index in [2.05, 4.69) is 4.74 Å². The molecule has 1 rings (SSSR count). The van der Waals surface area contributed by atoms with Crippen LogP contribution in [0.5, 0.6) is 5.75 Å². The second-order valence-electron chi connectivity index (χ2n) is 4.06. The van der Waals surface area contributed by atoms with Gasteiger partial charge in [-0.15, -0.1) is 0 Å². The first kappa shape index (κ1) is 15.5. The molecule has 0 aromatic heterocycles. The molecule has 0 spiro atoms. The van der Waals surface area contributed by atoms with Gasteiger partial charge >= 0.3 is 5.97 Å². The molecule has 2 atom stereocenters. The molecule has 5 heteroatoms. The summed E-state index contributed by atoms with van der Waals surface area (Å²) in [6.45, 7) is 4.35. The summed E-state index contributed by atoms with van der Waals surface area (Å²) in [7, 11) is 0. The average molecular weight is 268 g/mol. The molecule has 0 radical (unpaired) electrons. The Kier molecular flexibility index (Phi) is 6.32. The highest BCUT2D eigenvalue weighted by Gasteiger charge is 2.27. The maximum Gasteiger partial charge on any atom is 0.338 e. The van der Waals surface area contributed by atoms with Crippen LogP contribution in [0.3, 0.4) is 0 Å². The lowest BCUT2D eigenvalue weighted by molar-refractivity contribution is -0.159. The average Bonchev–Trinajstić information content (AvgIpc) is 2.44. The van der Waals surface area contributed by atoms with Crippen LogP contribution >= 0.6 is 0 Å². The highest BCUT2D eigenvalue weighted by Crippen LogP contribution is 2.22. The smallest absolute Gasteiger partial charge is 0.338 e. The summed E-state index contributed by atoms with van der Waals surface area (Å²) < 4.78 is 10.1. The van der Waals surface area contributed by atoms with Crippen molar-refractivity contribution in [3.8, 4) is 5.75 Å². The highest BCUT2D eigenvalue weighted by molar-refractivity contribution is 5.75. The van der Waals surface area contributed by atoms with Gasteiger partial charge in [-0.1, -0.05) is 19.1 Å². The SMILES string of the molecule is CCCOc1cccc(C(O)C(O)C(=O)OCC)c1. The molecule has 0 bridgehead atoms. The molecule has 2 unspecified atom stereocenters. The van der Waals surface area contributed by atoms with E-state index in [0.29, 0.717) is 17.9 Å². The number of carbonyl (C=O) groups excluding carboxylic acids is 1. The Labute approximate surface area is 112 Å². The number of benzene rings is 1. The topological polar surface area (TPSA) is 76.0 Å². The zero-order valence-electron chi connectivity index (χ0n) is 11.2. The lowest BCUT2D eigenvalue weighted by Crippen LogP contribution is -2.29. The Bertz CT molecular complexity index is 405. The van der Waals surface area contributed by atoms with E-state index in [1.54, 1.807) is 31.2 Å². The van der Waals surface area contributed by atoms with E-state index in [1.165, 1.54) is 0 Å². The number of carbonyl (C=O) groups is 1. The normalized spacial score (nSPS) is 13.7. The van der Waals surface area contributed by atoms with Crippen LogP contribution in [0.4, 0.5) is 0 Å². The molecule has 0 fully saturated rings. The maximum atomic E-state index is 11.4. The largest absolute Gasteiger partial charge is 0.494 e. The number of esters is 1.